The summed E-state index contributed by atoms with van der Waals surface area (Å²) in [6, 6.07) is 12.2. The fourth-order valence-electron chi connectivity index (χ4n) is 4.18. The number of carbonyl (C=O) groups is 2. The molecule has 1 saturated carbocycles. The lowest BCUT2D eigenvalue weighted by molar-refractivity contribution is -0.127. The van der Waals surface area contributed by atoms with Crippen molar-refractivity contribution in [1.29, 1.82) is 0 Å². The first-order chi connectivity index (χ1) is 15.6. The Morgan fingerprint density at radius 2 is 1.78 bits per heavy atom. The molecule has 1 fully saturated rings. The fraction of sp³-hybridized carbons (Fsp3) is 0.320. The Bertz CT molecular complexity index is 1020. The third-order valence-electron chi connectivity index (χ3n) is 5.76. The highest BCUT2D eigenvalue weighted by atomic mass is 32.1. The first-order valence-electron chi connectivity index (χ1n) is 10.9. The number of halogens is 1. The van der Waals surface area contributed by atoms with Gasteiger partial charge in [-0.1, -0.05) is 25.3 Å². The molecule has 0 saturated heterocycles. The van der Waals surface area contributed by atoms with Crippen LogP contribution < -0.4 is 10.2 Å². The number of nitrogens with zero attached hydrogens (tertiary/aromatic N) is 2. The van der Waals surface area contributed by atoms with Gasteiger partial charge in [0, 0.05) is 29.0 Å². The number of rotatable bonds is 7. The van der Waals surface area contributed by atoms with Crippen LogP contribution in [-0.2, 0) is 16.0 Å². The van der Waals surface area contributed by atoms with Crippen molar-refractivity contribution in [2.45, 2.75) is 50.6 Å². The Kier molecular flexibility index (Phi) is 7.27. The zero-order valence-corrected chi connectivity index (χ0v) is 18.6. The summed E-state index contributed by atoms with van der Waals surface area (Å²) in [4.78, 5) is 33.6. The average molecular weight is 452 g/mol. The fourth-order valence-corrected chi connectivity index (χ4v) is 4.87. The Balaban J connectivity index is 1.71. The van der Waals surface area contributed by atoms with Gasteiger partial charge in [-0.3, -0.25) is 19.5 Å². The molecule has 32 heavy (non-hydrogen) atoms. The summed E-state index contributed by atoms with van der Waals surface area (Å²) in [7, 11) is 0. The predicted molar refractivity (Wildman–Crippen MR) is 124 cm³/mol. The molecule has 1 aliphatic carbocycles. The Morgan fingerprint density at radius 3 is 2.44 bits per heavy atom. The minimum atomic E-state index is -0.877. The summed E-state index contributed by atoms with van der Waals surface area (Å²) in [5.41, 5.74) is 1.14. The molecular formula is C25H26FN3O2S. The molecule has 166 valence electrons. The molecule has 0 bridgehead atoms. The highest BCUT2D eigenvalue weighted by Gasteiger charge is 2.34. The van der Waals surface area contributed by atoms with Gasteiger partial charge in [0.2, 0.25) is 11.8 Å². The van der Waals surface area contributed by atoms with Gasteiger partial charge in [0.25, 0.3) is 0 Å². The normalized spacial score (nSPS) is 15.2. The summed E-state index contributed by atoms with van der Waals surface area (Å²) >= 11 is 1.49. The van der Waals surface area contributed by atoms with Crippen molar-refractivity contribution in [2.75, 3.05) is 4.90 Å². The molecule has 0 spiro atoms. The maximum Gasteiger partial charge on any atom is 0.248 e. The third kappa shape index (κ3) is 5.40. The smallest absolute Gasteiger partial charge is 0.248 e. The number of nitrogens with one attached hydrogen (secondary N) is 1. The van der Waals surface area contributed by atoms with Crippen molar-refractivity contribution in [2.24, 2.45) is 0 Å². The van der Waals surface area contributed by atoms with Gasteiger partial charge in [0.1, 0.15) is 11.9 Å². The van der Waals surface area contributed by atoms with Gasteiger partial charge < -0.3 is 5.32 Å². The van der Waals surface area contributed by atoms with Crippen LogP contribution in [0.25, 0.3) is 0 Å². The monoisotopic (exact) mass is 451 g/mol. The van der Waals surface area contributed by atoms with Crippen LogP contribution in [0.4, 0.5) is 10.1 Å². The van der Waals surface area contributed by atoms with Gasteiger partial charge in [-0.25, -0.2) is 4.39 Å². The maximum atomic E-state index is 13.7. The lowest BCUT2D eigenvalue weighted by Crippen LogP contribution is -2.47. The predicted octanol–water partition coefficient (Wildman–Crippen LogP) is 5.05. The second kappa shape index (κ2) is 10.5. The van der Waals surface area contributed by atoms with Crippen molar-refractivity contribution in [1.82, 2.24) is 10.3 Å². The highest BCUT2D eigenvalue weighted by molar-refractivity contribution is 7.10. The molecule has 2 heterocycles. The van der Waals surface area contributed by atoms with Crippen LogP contribution >= 0.6 is 11.3 Å². The second-order valence-electron chi connectivity index (χ2n) is 8.02. The van der Waals surface area contributed by atoms with Crippen LogP contribution in [0.5, 0.6) is 0 Å². The molecule has 7 heteroatoms. The highest BCUT2D eigenvalue weighted by Crippen LogP contribution is 2.30. The lowest BCUT2D eigenvalue weighted by atomic mass is 9.94. The van der Waals surface area contributed by atoms with E-state index >= 15 is 0 Å². The zero-order chi connectivity index (χ0) is 22.3. The molecular weight excluding hydrogens is 425 g/mol. The van der Waals surface area contributed by atoms with E-state index in [1.54, 1.807) is 36.7 Å². The van der Waals surface area contributed by atoms with E-state index in [9.17, 15) is 14.0 Å². The molecule has 2 amide bonds. The molecule has 1 aromatic carbocycles. The number of pyridine rings is 1. The van der Waals surface area contributed by atoms with Crippen LogP contribution in [0, 0.1) is 5.82 Å². The van der Waals surface area contributed by atoms with Gasteiger partial charge in [-0.2, -0.15) is 0 Å². The number of hydrogen-bond donors (Lipinski definition) is 1. The van der Waals surface area contributed by atoms with E-state index in [2.05, 4.69) is 10.3 Å². The van der Waals surface area contributed by atoms with Crippen LogP contribution in [0.15, 0.2) is 66.3 Å². The van der Waals surface area contributed by atoms with Gasteiger partial charge in [0.05, 0.1) is 6.42 Å². The van der Waals surface area contributed by atoms with Crippen LogP contribution in [-0.4, -0.2) is 22.8 Å². The largest absolute Gasteiger partial charge is 0.351 e. The maximum absolute atomic E-state index is 13.7. The first-order valence-corrected chi connectivity index (χ1v) is 11.8. The topological polar surface area (TPSA) is 62.3 Å². The van der Waals surface area contributed by atoms with E-state index < -0.39 is 11.9 Å². The Hall–Kier alpha value is -3.06. The SMILES string of the molecule is O=C(NC1CCCCC1)[C@@H](c1ccncc1)N(C(=O)Cc1cccs1)c1ccc(F)cc1. The van der Waals surface area contributed by atoms with Gasteiger partial charge in [0.15, 0.2) is 0 Å². The number of thiophene rings is 1. The molecule has 2 aromatic heterocycles. The Morgan fingerprint density at radius 1 is 1.06 bits per heavy atom. The van der Waals surface area contributed by atoms with E-state index in [0.29, 0.717) is 11.3 Å². The summed E-state index contributed by atoms with van der Waals surface area (Å²) in [5, 5.41) is 5.09. The van der Waals surface area contributed by atoms with Crippen LogP contribution in [0.1, 0.15) is 48.6 Å². The van der Waals surface area contributed by atoms with Gasteiger partial charge in [-0.15, -0.1) is 11.3 Å². The van der Waals surface area contributed by atoms with E-state index in [-0.39, 0.29) is 24.3 Å². The first kappa shape index (κ1) is 22.1. The van der Waals surface area contributed by atoms with Gasteiger partial charge >= 0.3 is 0 Å². The van der Waals surface area contributed by atoms with E-state index in [4.69, 9.17) is 0 Å². The molecule has 1 N–H and O–H groups in total. The summed E-state index contributed by atoms with van der Waals surface area (Å²) in [6.45, 7) is 0. The molecule has 3 aromatic rings. The average Bonchev–Trinajstić information content (AvgIpc) is 3.32. The van der Waals surface area contributed by atoms with Crippen molar-refractivity contribution in [3.63, 3.8) is 0 Å². The molecule has 4 rings (SSSR count). The van der Waals surface area contributed by atoms with Crippen molar-refractivity contribution >= 4 is 28.8 Å². The van der Waals surface area contributed by atoms with Crippen molar-refractivity contribution < 1.29 is 14.0 Å². The number of hydrogen-bond acceptors (Lipinski definition) is 4. The lowest BCUT2D eigenvalue weighted by Gasteiger charge is -2.33. The molecule has 0 unspecified atom stereocenters. The standard InChI is InChI=1S/C25H26FN3O2S/c26-19-8-10-21(11-9-19)29(23(30)17-22-7-4-16-32-22)24(18-12-14-27-15-13-18)25(31)28-20-5-2-1-3-6-20/h4,7-16,20,24H,1-3,5-6,17H2,(H,28,31)/t24-/m1/s1. The molecule has 0 radical (unpaired) electrons. The molecule has 5 nitrogen and oxygen atoms in total. The summed E-state index contributed by atoms with van der Waals surface area (Å²) in [6.07, 6.45) is 8.62. The van der Waals surface area contributed by atoms with Crippen molar-refractivity contribution in [3.8, 4) is 0 Å². The molecule has 1 atom stereocenters. The number of benzene rings is 1. The van der Waals surface area contributed by atoms with Crippen LogP contribution in [0.3, 0.4) is 0 Å². The number of anilines is 1. The summed E-state index contributed by atoms with van der Waals surface area (Å²) < 4.78 is 13.7. The van der Waals surface area contributed by atoms with Crippen molar-refractivity contribution in [3.05, 3.63) is 82.6 Å². The molecule has 1 aliphatic rings. The number of aromatic nitrogens is 1. The van der Waals surface area contributed by atoms with E-state index in [0.717, 1.165) is 30.6 Å². The summed E-state index contributed by atoms with van der Waals surface area (Å²) in [5.74, 6) is -0.849. The quantitative estimate of drug-likeness (QED) is 0.547. The number of carbonyl (C=O) groups excluding carboxylic acids is 2. The van der Waals surface area contributed by atoms with E-state index in [1.807, 2.05) is 17.5 Å². The van der Waals surface area contributed by atoms with Crippen LogP contribution in [0.2, 0.25) is 0 Å². The minimum absolute atomic E-state index is 0.100. The number of amides is 2. The van der Waals surface area contributed by atoms with E-state index in [1.165, 1.54) is 34.8 Å². The molecule has 0 aliphatic heterocycles. The zero-order valence-electron chi connectivity index (χ0n) is 17.7. The Labute approximate surface area is 191 Å². The minimum Gasteiger partial charge on any atom is -0.351 e. The third-order valence-corrected chi connectivity index (χ3v) is 6.64. The van der Waals surface area contributed by atoms with Gasteiger partial charge in [-0.05, 0) is 66.2 Å². The second-order valence-corrected chi connectivity index (χ2v) is 9.06.